The molecule has 0 spiro atoms. The normalized spacial score (nSPS) is 11.4. The molecule has 1 heterocycles. The SMILES string of the molecule is O=S(=O)(F)Oc1cc(Br)cc(-c2cn(-c3ccccc3)nn2)c1. The van der Waals surface area contributed by atoms with Crippen molar-refractivity contribution in [1.82, 2.24) is 15.0 Å². The molecule has 0 fully saturated rings. The Morgan fingerprint density at radius 2 is 1.87 bits per heavy atom. The van der Waals surface area contributed by atoms with Crippen molar-refractivity contribution in [3.8, 4) is 22.7 Å². The first-order valence-corrected chi connectivity index (χ1v) is 8.44. The molecule has 0 aliphatic carbocycles. The third-order valence-corrected chi connectivity index (χ3v) is 3.73. The van der Waals surface area contributed by atoms with Gasteiger partial charge in [0.2, 0.25) is 0 Å². The van der Waals surface area contributed by atoms with E-state index in [9.17, 15) is 12.3 Å². The van der Waals surface area contributed by atoms with E-state index in [2.05, 4.69) is 30.4 Å². The Morgan fingerprint density at radius 3 is 2.57 bits per heavy atom. The Morgan fingerprint density at radius 1 is 1.13 bits per heavy atom. The zero-order valence-electron chi connectivity index (χ0n) is 11.4. The van der Waals surface area contributed by atoms with Crippen LogP contribution in [0.4, 0.5) is 3.89 Å². The lowest BCUT2D eigenvalue weighted by Crippen LogP contribution is -2.01. The second kappa shape index (κ2) is 6.09. The molecule has 0 N–H and O–H groups in total. The molecule has 3 aromatic rings. The second-order valence-electron chi connectivity index (χ2n) is 4.54. The second-order valence-corrected chi connectivity index (χ2v) is 6.40. The zero-order chi connectivity index (χ0) is 16.4. The summed E-state index contributed by atoms with van der Waals surface area (Å²) in [5.41, 5.74) is 1.83. The first kappa shape index (κ1) is 15.6. The van der Waals surface area contributed by atoms with Crippen molar-refractivity contribution in [1.29, 1.82) is 0 Å². The Hall–Kier alpha value is -2.26. The van der Waals surface area contributed by atoms with Crippen LogP contribution in [0.15, 0.2) is 59.2 Å². The van der Waals surface area contributed by atoms with Gasteiger partial charge in [-0.1, -0.05) is 43.2 Å². The average molecular weight is 398 g/mol. The van der Waals surface area contributed by atoms with Gasteiger partial charge in [0.15, 0.2) is 0 Å². The van der Waals surface area contributed by atoms with Crippen molar-refractivity contribution < 1.29 is 16.5 Å². The van der Waals surface area contributed by atoms with Crippen LogP contribution in [0.3, 0.4) is 0 Å². The minimum atomic E-state index is -5.09. The fraction of sp³-hybridized carbons (Fsp3) is 0. The number of nitrogens with zero attached hydrogens (tertiary/aromatic N) is 3. The molecule has 3 rings (SSSR count). The summed E-state index contributed by atoms with van der Waals surface area (Å²) in [6, 6.07) is 13.7. The number of para-hydroxylation sites is 1. The molecular formula is C14H9BrFN3O3S. The lowest BCUT2D eigenvalue weighted by molar-refractivity contribution is 0.440. The maximum absolute atomic E-state index is 12.7. The van der Waals surface area contributed by atoms with Crippen LogP contribution in [0.2, 0.25) is 0 Å². The number of hydrogen-bond acceptors (Lipinski definition) is 5. The highest BCUT2D eigenvalue weighted by Crippen LogP contribution is 2.28. The van der Waals surface area contributed by atoms with E-state index in [4.69, 9.17) is 0 Å². The van der Waals surface area contributed by atoms with Gasteiger partial charge in [-0.25, -0.2) is 4.68 Å². The molecule has 1 aromatic heterocycles. The first-order valence-electron chi connectivity index (χ1n) is 6.33. The van der Waals surface area contributed by atoms with E-state index >= 15 is 0 Å². The van der Waals surface area contributed by atoms with Gasteiger partial charge in [0.25, 0.3) is 0 Å². The predicted molar refractivity (Wildman–Crippen MR) is 85.2 cm³/mol. The van der Waals surface area contributed by atoms with Crippen LogP contribution in [0.25, 0.3) is 16.9 Å². The molecule has 9 heteroatoms. The Balaban J connectivity index is 1.98. The monoisotopic (exact) mass is 397 g/mol. The van der Waals surface area contributed by atoms with Crippen molar-refractivity contribution in [3.63, 3.8) is 0 Å². The fourth-order valence-electron chi connectivity index (χ4n) is 1.98. The van der Waals surface area contributed by atoms with Crippen LogP contribution in [-0.4, -0.2) is 23.4 Å². The van der Waals surface area contributed by atoms with Crippen molar-refractivity contribution in [3.05, 3.63) is 59.2 Å². The lowest BCUT2D eigenvalue weighted by Gasteiger charge is -2.03. The standard InChI is InChI=1S/C14H9BrFN3O3S/c15-11-6-10(7-13(8-11)22-23(16,20)21)14-9-19(18-17-14)12-4-2-1-3-5-12/h1-9H. The van der Waals surface area contributed by atoms with Crippen molar-refractivity contribution in [2.45, 2.75) is 0 Å². The number of rotatable bonds is 4. The maximum atomic E-state index is 12.7. The Bertz CT molecular complexity index is 945. The zero-order valence-corrected chi connectivity index (χ0v) is 13.8. The van der Waals surface area contributed by atoms with Crippen LogP contribution in [0, 0.1) is 0 Å². The van der Waals surface area contributed by atoms with Crippen LogP contribution in [-0.2, 0) is 10.5 Å². The molecule has 6 nitrogen and oxygen atoms in total. The van der Waals surface area contributed by atoms with Crippen molar-refractivity contribution in [2.24, 2.45) is 0 Å². The highest BCUT2D eigenvalue weighted by molar-refractivity contribution is 9.10. The number of hydrogen-bond donors (Lipinski definition) is 0. The molecule has 23 heavy (non-hydrogen) atoms. The molecule has 2 aromatic carbocycles. The number of aromatic nitrogens is 3. The van der Waals surface area contributed by atoms with E-state index in [0.29, 0.717) is 15.7 Å². The van der Waals surface area contributed by atoms with E-state index in [1.54, 1.807) is 16.9 Å². The minimum absolute atomic E-state index is 0.161. The van der Waals surface area contributed by atoms with Gasteiger partial charge < -0.3 is 4.18 Å². The van der Waals surface area contributed by atoms with Crippen LogP contribution >= 0.6 is 15.9 Å². The molecule has 0 amide bonds. The summed E-state index contributed by atoms with van der Waals surface area (Å²) in [6.45, 7) is 0. The van der Waals surface area contributed by atoms with E-state index in [0.717, 1.165) is 5.69 Å². The summed E-state index contributed by atoms with van der Waals surface area (Å²) in [7, 11) is -5.09. The topological polar surface area (TPSA) is 74.1 Å². The van der Waals surface area contributed by atoms with Crippen LogP contribution in [0.1, 0.15) is 0 Å². The summed E-state index contributed by atoms with van der Waals surface area (Å²) in [6.07, 6.45) is 1.67. The summed E-state index contributed by atoms with van der Waals surface area (Å²) >= 11 is 3.22. The van der Waals surface area contributed by atoms with Gasteiger partial charge in [0.05, 0.1) is 11.9 Å². The highest BCUT2D eigenvalue weighted by atomic mass is 79.9. The van der Waals surface area contributed by atoms with Gasteiger partial charge in [0.1, 0.15) is 11.4 Å². The van der Waals surface area contributed by atoms with E-state index in [1.807, 2.05) is 30.3 Å². The summed E-state index contributed by atoms with van der Waals surface area (Å²) in [5.74, 6) is -0.161. The van der Waals surface area contributed by atoms with Gasteiger partial charge >= 0.3 is 10.5 Å². The molecule has 0 bridgehead atoms. The van der Waals surface area contributed by atoms with Gasteiger partial charge in [0, 0.05) is 10.0 Å². The van der Waals surface area contributed by atoms with Gasteiger partial charge in [-0.2, -0.15) is 8.42 Å². The smallest absolute Gasteiger partial charge is 0.358 e. The average Bonchev–Trinajstić information content (AvgIpc) is 2.95. The van der Waals surface area contributed by atoms with Gasteiger partial charge in [-0.05, 0) is 30.3 Å². The van der Waals surface area contributed by atoms with E-state index in [-0.39, 0.29) is 5.75 Å². The number of halogens is 2. The first-order chi connectivity index (χ1) is 10.9. The molecule has 0 saturated heterocycles. The Labute approximate surface area is 140 Å². The minimum Gasteiger partial charge on any atom is -0.358 e. The molecule has 0 atom stereocenters. The predicted octanol–water partition coefficient (Wildman–Crippen LogP) is 3.29. The van der Waals surface area contributed by atoms with E-state index < -0.39 is 10.5 Å². The molecule has 0 saturated carbocycles. The molecular weight excluding hydrogens is 389 g/mol. The van der Waals surface area contributed by atoms with Gasteiger partial charge in [-0.15, -0.1) is 5.10 Å². The summed E-state index contributed by atoms with van der Waals surface area (Å²) in [5, 5.41) is 8.05. The van der Waals surface area contributed by atoms with Gasteiger partial charge in [-0.3, -0.25) is 0 Å². The molecule has 0 radical (unpaired) electrons. The summed E-state index contributed by atoms with van der Waals surface area (Å²) < 4.78 is 40.2. The molecule has 0 aliphatic rings. The number of benzene rings is 2. The fourth-order valence-corrected chi connectivity index (χ4v) is 2.78. The third-order valence-electron chi connectivity index (χ3n) is 2.88. The quantitative estimate of drug-likeness (QED) is 0.631. The molecule has 118 valence electrons. The van der Waals surface area contributed by atoms with Crippen molar-refractivity contribution in [2.75, 3.05) is 0 Å². The van der Waals surface area contributed by atoms with Crippen LogP contribution < -0.4 is 4.18 Å². The summed E-state index contributed by atoms with van der Waals surface area (Å²) in [4.78, 5) is 0. The largest absolute Gasteiger partial charge is 0.488 e. The molecule has 0 unspecified atom stereocenters. The van der Waals surface area contributed by atoms with E-state index in [1.165, 1.54) is 12.1 Å². The Kier molecular flexibility index (Phi) is 4.14. The lowest BCUT2D eigenvalue weighted by atomic mass is 10.1. The third kappa shape index (κ3) is 3.93. The maximum Gasteiger partial charge on any atom is 0.488 e. The van der Waals surface area contributed by atoms with Crippen LogP contribution in [0.5, 0.6) is 5.75 Å². The van der Waals surface area contributed by atoms with Crippen molar-refractivity contribution >= 4 is 26.4 Å². The highest BCUT2D eigenvalue weighted by Gasteiger charge is 2.13. The molecule has 0 aliphatic heterocycles.